The number of hydrogen-bond acceptors (Lipinski definition) is 4. The smallest absolute Gasteiger partial charge is 0.0991 e. The normalized spacial score (nSPS) is 33.8. The summed E-state index contributed by atoms with van der Waals surface area (Å²) in [5.41, 5.74) is 0. The number of hydrogen-bond donors (Lipinski definition) is 0. The predicted molar refractivity (Wildman–Crippen MR) is 68.3 cm³/mol. The van der Waals surface area contributed by atoms with Gasteiger partial charge in [-0.05, 0) is 24.3 Å². The molecule has 3 nitrogen and oxygen atoms in total. The largest absolute Gasteiger partial charge is 0.379 e. The molecule has 1 saturated carbocycles. The molecule has 3 rings (SSSR count). The van der Waals surface area contributed by atoms with Gasteiger partial charge in [-0.2, -0.15) is 0 Å². The number of nitrogens with zero attached hydrogens (tertiary/aromatic N) is 1. The molecule has 0 radical (unpaired) electrons. The van der Waals surface area contributed by atoms with Crippen molar-refractivity contribution in [3.63, 3.8) is 0 Å². The first-order chi connectivity index (χ1) is 8.38. The van der Waals surface area contributed by atoms with Gasteiger partial charge in [-0.15, -0.1) is 11.3 Å². The van der Waals surface area contributed by atoms with Gasteiger partial charge in [0.1, 0.15) is 0 Å². The lowest BCUT2D eigenvalue weighted by Crippen LogP contribution is -2.50. The first-order valence-corrected chi connectivity index (χ1v) is 7.17. The summed E-state index contributed by atoms with van der Waals surface area (Å²) in [4.78, 5) is 4.02. The fraction of sp³-hybridized carbons (Fsp3) is 0.692. The van der Waals surface area contributed by atoms with E-state index < -0.39 is 0 Å². The fourth-order valence-corrected chi connectivity index (χ4v) is 3.77. The van der Waals surface area contributed by atoms with E-state index in [4.69, 9.17) is 9.47 Å². The van der Waals surface area contributed by atoms with Crippen LogP contribution in [0, 0.1) is 0 Å². The van der Waals surface area contributed by atoms with E-state index in [-0.39, 0.29) is 6.10 Å². The molecular weight excluding hydrogens is 234 g/mol. The van der Waals surface area contributed by atoms with Crippen LogP contribution < -0.4 is 0 Å². The van der Waals surface area contributed by atoms with E-state index in [0.717, 1.165) is 26.1 Å². The second-order valence-corrected chi connectivity index (χ2v) is 5.84. The lowest BCUT2D eigenvalue weighted by atomic mass is 10.1. The highest BCUT2D eigenvalue weighted by molar-refractivity contribution is 7.09. The third-order valence-electron chi connectivity index (χ3n) is 3.89. The van der Waals surface area contributed by atoms with Crippen molar-refractivity contribution in [3.8, 4) is 0 Å². The van der Waals surface area contributed by atoms with Crippen molar-refractivity contribution < 1.29 is 9.47 Å². The molecule has 1 aromatic heterocycles. The monoisotopic (exact) mass is 253 g/mol. The van der Waals surface area contributed by atoms with E-state index in [1.807, 2.05) is 11.3 Å². The number of methoxy groups -OCH3 is 1. The van der Waals surface area contributed by atoms with Crippen LogP contribution in [-0.2, 0) is 16.0 Å². The summed E-state index contributed by atoms with van der Waals surface area (Å²) in [6, 6.07) is 4.90. The topological polar surface area (TPSA) is 21.7 Å². The Balaban J connectivity index is 1.69. The fourth-order valence-electron chi connectivity index (χ4n) is 3.04. The molecule has 0 unspecified atom stereocenters. The van der Waals surface area contributed by atoms with Gasteiger partial charge in [0.2, 0.25) is 0 Å². The summed E-state index contributed by atoms with van der Waals surface area (Å²) >= 11 is 1.84. The number of rotatable bonds is 3. The average molecular weight is 253 g/mol. The molecule has 17 heavy (non-hydrogen) atoms. The van der Waals surface area contributed by atoms with E-state index in [2.05, 4.69) is 22.4 Å². The van der Waals surface area contributed by atoms with Crippen LogP contribution in [0.4, 0.5) is 0 Å². The molecule has 1 aromatic rings. The summed E-state index contributed by atoms with van der Waals surface area (Å²) in [6.07, 6.45) is 2.92. The van der Waals surface area contributed by atoms with Gasteiger partial charge in [0.05, 0.1) is 18.8 Å². The minimum absolute atomic E-state index is 0.286. The average Bonchev–Trinajstić information content (AvgIpc) is 2.97. The molecule has 1 saturated heterocycles. The molecule has 2 heterocycles. The summed E-state index contributed by atoms with van der Waals surface area (Å²) < 4.78 is 11.4. The zero-order valence-corrected chi connectivity index (χ0v) is 11.0. The highest BCUT2D eigenvalue weighted by atomic mass is 32.1. The van der Waals surface area contributed by atoms with Crippen molar-refractivity contribution in [1.29, 1.82) is 0 Å². The minimum atomic E-state index is 0.286. The van der Waals surface area contributed by atoms with Crippen LogP contribution in [0.3, 0.4) is 0 Å². The predicted octanol–water partition coefficient (Wildman–Crippen LogP) is 2.13. The van der Waals surface area contributed by atoms with Crippen LogP contribution in [0.2, 0.25) is 0 Å². The molecule has 3 atom stereocenters. The van der Waals surface area contributed by atoms with Gasteiger partial charge >= 0.3 is 0 Å². The van der Waals surface area contributed by atoms with Crippen molar-refractivity contribution >= 4 is 11.3 Å². The van der Waals surface area contributed by atoms with Crippen LogP contribution >= 0.6 is 11.3 Å². The van der Waals surface area contributed by atoms with E-state index in [1.54, 1.807) is 7.11 Å². The maximum atomic E-state index is 5.89. The van der Waals surface area contributed by atoms with E-state index in [9.17, 15) is 0 Å². The maximum Gasteiger partial charge on any atom is 0.0991 e. The van der Waals surface area contributed by atoms with Crippen molar-refractivity contribution in [1.82, 2.24) is 4.90 Å². The van der Waals surface area contributed by atoms with Crippen molar-refractivity contribution in [2.75, 3.05) is 20.3 Å². The number of fused-ring (bicyclic) bond motifs is 1. The molecule has 0 N–H and O–H groups in total. The van der Waals surface area contributed by atoms with Crippen LogP contribution in [0.25, 0.3) is 0 Å². The first kappa shape index (κ1) is 11.7. The summed E-state index contributed by atoms with van der Waals surface area (Å²) in [5.74, 6) is 0. The zero-order valence-electron chi connectivity index (χ0n) is 10.2. The molecule has 4 heteroatoms. The van der Waals surface area contributed by atoms with Crippen molar-refractivity contribution in [3.05, 3.63) is 22.4 Å². The molecular formula is C13H19NO2S. The Kier molecular flexibility index (Phi) is 3.47. The molecule has 2 fully saturated rings. The highest BCUT2D eigenvalue weighted by Gasteiger charge is 2.42. The summed E-state index contributed by atoms with van der Waals surface area (Å²) in [7, 11) is 1.80. The summed E-state index contributed by atoms with van der Waals surface area (Å²) in [6.45, 7) is 2.96. The Bertz CT molecular complexity index is 354. The second kappa shape index (κ2) is 5.06. The molecule has 0 aromatic carbocycles. The molecule has 0 spiro atoms. The van der Waals surface area contributed by atoms with E-state index in [0.29, 0.717) is 12.1 Å². The second-order valence-electron chi connectivity index (χ2n) is 4.80. The first-order valence-electron chi connectivity index (χ1n) is 6.29. The SMILES string of the molecule is CO[C@@H]1CC[C@@H]2[C@@H]1OCCN2Cc1cccs1. The molecule has 94 valence electrons. The lowest BCUT2D eigenvalue weighted by Gasteiger charge is -2.38. The zero-order chi connectivity index (χ0) is 11.7. The van der Waals surface area contributed by atoms with Gasteiger partial charge in [0.15, 0.2) is 0 Å². The van der Waals surface area contributed by atoms with Crippen LogP contribution in [0.1, 0.15) is 17.7 Å². The van der Waals surface area contributed by atoms with Gasteiger partial charge in [0, 0.05) is 31.1 Å². The van der Waals surface area contributed by atoms with Crippen LogP contribution in [-0.4, -0.2) is 43.4 Å². The molecule has 2 aliphatic rings. The van der Waals surface area contributed by atoms with Crippen LogP contribution in [0.5, 0.6) is 0 Å². The molecule has 0 bridgehead atoms. The van der Waals surface area contributed by atoms with Crippen molar-refractivity contribution in [2.45, 2.75) is 37.6 Å². The van der Waals surface area contributed by atoms with E-state index >= 15 is 0 Å². The Morgan fingerprint density at radius 2 is 2.47 bits per heavy atom. The van der Waals surface area contributed by atoms with Gasteiger partial charge in [-0.25, -0.2) is 0 Å². The Hall–Kier alpha value is -0.420. The quantitative estimate of drug-likeness (QED) is 0.823. The van der Waals surface area contributed by atoms with Gasteiger partial charge < -0.3 is 9.47 Å². The maximum absolute atomic E-state index is 5.89. The van der Waals surface area contributed by atoms with Crippen LogP contribution in [0.15, 0.2) is 17.5 Å². The molecule has 1 aliphatic heterocycles. The highest BCUT2D eigenvalue weighted by Crippen LogP contribution is 2.32. The lowest BCUT2D eigenvalue weighted by molar-refractivity contribution is -0.106. The minimum Gasteiger partial charge on any atom is -0.379 e. The standard InChI is InChI=1S/C13H19NO2S/c1-15-12-5-4-11-13(12)16-7-6-14(11)9-10-3-2-8-17-10/h2-3,8,11-13H,4-7,9H2,1H3/t11-,12-,13+/m1/s1. The van der Waals surface area contributed by atoms with Crippen molar-refractivity contribution in [2.24, 2.45) is 0 Å². The third-order valence-corrected chi connectivity index (χ3v) is 4.75. The Morgan fingerprint density at radius 1 is 1.53 bits per heavy atom. The van der Waals surface area contributed by atoms with Gasteiger partial charge in [-0.3, -0.25) is 4.90 Å². The third kappa shape index (κ3) is 2.27. The number of ether oxygens (including phenoxy) is 2. The molecule has 1 aliphatic carbocycles. The van der Waals surface area contributed by atoms with E-state index in [1.165, 1.54) is 11.3 Å². The summed E-state index contributed by atoms with van der Waals surface area (Å²) in [5, 5.41) is 2.15. The number of morpholine rings is 1. The Labute approximate surface area is 106 Å². The van der Waals surface area contributed by atoms with Gasteiger partial charge in [-0.1, -0.05) is 6.07 Å². The molecule has 0 amide bonds. The Morgan fingerprint density at radius 3 is 3.24 bits per heavy atom. The number of thiophene rings is 1. The van der Waals surface area contributed by atoms with Gasteiger partial charge in [0.25, 0.3) is 0 Å².